The van der Waals surface area contributed by atoms with Crippen LogP contribution < -0.4 is 4.74 Å². The molecule has 0 radical (unpaired) electrons. The summed E-state index contributed by atoms with van der Waals surface area (Å²) in [5, 5.41) is 0. The summed E-state index contributed by atoms with van der Waals surface area (Å²) < 4.78 is 5.27. The van der Waals surface area contributed by atoms with E-state index in [1.807, 2.05) is 17.0 Å². The molecule has 0 unspecified atom stereocenters. The van der Waals surface area contributed by atoms with Gasteiger partial charge < -0.3 is 14.5 Å². The van der Waals surface area contributed by atoms with Crippen molar-refractivity contribution in [2.24, 2.45) is 0 Å². The number of carbonyl (C=O) groups excluding carboxylic acids is 1. The fourth-order valence-corrected chi connectivity index (χ4v) is 5.73. The molecule has 1 heterocycles. The molecule has 5 heteroatoms. The van der Waals surface area contributed by atoms with Crippen LogP contribution in [0, 0.1) is 0 Å². The van der Waals surface area contributed by atoms with Crippen molar-refractivity contribution in [2.75, 3.05) is 34.3 Å². The predicted octanol–water partition coefficient (Wildman–Crippen LogP) is 4.72. The Morgan fingerprint density at radius 1 is 0.968 bits per heavy atom. The van der Waals surface area contributed by atoms with Crippen LogP contribution in [0.15, 0.2) is 54.6 Å². The van der Waals surface area contributed by atoms with Gasteiger partial charge in [-0.1, -0.05) is 42.5 Å². The van der Waals surface area contributed by atoms with Crippen LogP contribution >= 0.6 is 0 Å². The standard InChI is InChI=1S/C26H35N3O2/c1-5-29-24(30)28(19-21-11-13-23(31-4)14-12-21)20-25(29)15-17-26(18-16-25,27(2)3)22-9-7-6-8-10-22/h6-14H,5,15-20H2,1-4H3. The van der Waals surface area contributed by atoms with Crippen molar-refractivity contribution in [1.29, 1.82) is 0 Å². The maximum Gasteiger partial charge on any atom is 0.320 e. The van der Waals surface area contributed by atoms with Gasteiger partial charge in [-0.05, 0) is 70.0 Å². The average Bonchev–Trinajstić information content (AvgIpc) is 3.05. The number of likely N-dealkylation sites (N-methyl/N-ethyl adjacent to an activating group) is 1. The Kier molecular flexibility index (Phi) is 5.98. The van der Waals surface area contributed by atoms with Crippen LogP contribution in [0.5, 0.6) is 5.75 Å². The van der Waals surface area contributed by atoms with E-state index in [0.717, 1.165) is 50.1 Å². The fraction of sp³-hybridized carbons (Fsp3) is 0.500. The van der Waals surface area contributed by atoms with Gasteiger partial charge in [-0.3, -0.25) is 4.90 Å². The molecule has 2 aromatic carbocycles. The fourth-order valence-electron chi connectivity index (χ4n) is 5.73. The van der Waals surface area contributed by atoms with E-state index in [9.17, 15) is 4.79 Å². The second-order valence-corrected chi connectivity index (χ2v) is 9.25. The van der Waals surface area contributed by atoms with Crippen molar-refractivity contribution in [1.82, 2.24) is 14.7 Å². The number of nitrogens with zero attached hydrogens (tertiary/aromatic N) is 3. The van der Waals surface area contributed by atoms with E-state index in [0.29, 0.717) is 6.54 Å². The molecule has 4 rings (SSSR count). The summed E-state index contributed by atoms with van der Waals surface area (Å²) in [4.78, 5) is 19.9. The van der Waals surface area contributed by atoms with E-state index in [-0.39, 0.29) is 17.1 Å². The van der Waals surface area contributed by atoms with Crippen molar-refractivity contribution in [3.63, 3.8) is 0 Å². The maximum atomic E-state index is 13.3. The van der Waals surface area contributed by atoms with E-state index in [2.05, 4.69) is 73.3 Å². The van der Waals surface area contributed by atoms with Crippen LogP contribution in [0.4, 0.5) is 4.79 Å². The van der Waals surface area contributed by atoms with Crippen molar-refractivity contribution in [2.45, 2.75) is 50.2 Å². The van der Waals surface area contributed by atoms with E-state index in [4.69, 9.17) is 4.74 Å². The number of hydrogen-bond donors (Lipinski definition) is 0. The topological polar surface area (TPSA) is 36.0 Å². The Morgan fingerprint density at radius 2 is 1.61 bits per heavy atom. The molecule has 166 valence electrons. The van der Waals surface area contributed by atoms with Crippen molar-refractivity contribution in [3.8, 4) is 5.75 Å². The van der Waals surface area contributed by atoms with Crippen LogP contribution in [0.1, 0.15) is 43.7 Å². The minimum Gasteiger partial charge on any atom is -0.497 e. The van der Waals surface area contributed by atoms with Crippen LogP contribution in [0.3, 0.4) is 0 Å². The van der Waals surface area contributed by atoms with Crippen LogP contribution in [0.25, 0.3) is 0 Å². The summed E-state index contributed by atoms with van der Waals surface area (Å²) in [7, 11) is 6.06. The maximum absolute atomic E-state index is 13.3. The second-order valence-electron chi connectivity index (χ2n) is 9.25. The Morgan fingerprint density at radius 3 is 2.16 bits per heavy atom. The number of carbonyl (C=O) groups is 1. The lowest BCUT2D eigenvalue weighted by Gasteiger charge is -2.51. The van der Waals surface area contributed by atoms with Crippen LogP contribution in [-0.4, -0.2) is 60.6 Å². The number of hydrogen-bond acceptors (Lipinski definition) is 3. The van der Waals surface area contributed by atoms with E-state index in [1.54, 1.807) is 7.11 Å². The quantitative estimate of drug-likeness (QED) is 0.677. The Labute approximate surface area is 186 Å². The number of urea groups is 1. The molecule has 0 atom stereocenters. The highest BCUT2D eigenvalue weighted by atomic mass is 16.5. The van der Waals surface area contributed by atoms with E-state index in [1.165, 1.54) is 5.56 Å². The number of amides is 2. The number of benzene rings is 2. The van der Waals surface area contributed by atoms with E-state index < -0.39 is 0 Å². The van der Waals surface area contributed by atoms with Gasteiger partial charge in [0.05, 0.1) is 12.6 Å². The summed E-state index contributed by atoms with van der Waals surface area (Å²) in [6, 6.07) is 19.1. The predicted molar refractivity (Wildman–Crippen MR) is 124 cm³/mol. The molecule has 0 N–H and O–H groups in total. The smallest absolute Gasteiger partial charge is 0.320 e. The highest BCUT2D eigenvalue weighted by Gasteiger charge is 2.53. The Balaban J connectivity index is 1.54. The molecule has 1 saturated carbocycles. The first-order valence-corrected chi connectivity index (χ1v) is 11.4. The lowest BCUT2D eigenvalue weighted by atomic mass is 9.68. The van der Waals surface area contributed by atoms with Gasteiger partial charge >= 0.3 is 6.03 Å². The molecule has 1 spiro atoms. The number of ether oxygens (including phenoxy) is 1. The molecule has 1 saturated heterocycles. The largest absolute Gasteiger partial charge is 0.497 e. The molecule has 0 bridgehead atoms. The molecule has 1 aliphatic carbocycles. The molecule has 2 amide bonds. The third-order valence-corrected chi connectivity index (χ3v) is 7.58. The lowest BCUT2D eigenvalue weighted by Crippen LogP contribution is -2.55. The molecule has 5 nitrogen and oxygen atoms in total. The highest BCUT2D eigenvalue weighted by molar-refractivity contribution is 5.78. The Hall–Kier alpha value is -2.53. The zero-order valence-corrected chi connectivity index (χ0v) is 19.3. The summed E-state index contributed by atoms with van der Waals surface area (Å²) in [5.74, 6) is 0.844. The average molecular weight is 422 g/mol. The van der Waals surface area contributed by atoms with Gasteiger partial charge in [-0.2, -0.15) is 0 Å². The van der Waals surface area contributed by atoms with Crippen molar-refractivity contribution < 1.29 is 9.53 Å². The monoisotopic (exact) mass is 421 g/mol. The van der Waals surface area contributed by atoms with Gasteiger partial charge in [0.2, 0.25) is 0 Å². The summed E-state index contributed by atoms with van der Waals surface area (Å²) >= 11 is 0. The summed E-state index contributed by atoms with van der Waals surface area (Å²) in [6.07, 6.45) is 4.17. The zero-order chi connectivity index (χ0) is 22.1. The molecular formula is C26H35N3O2. The lowest BCUT2D eigenvalue weighted by molar-refractivity contribution is 0.0261. The van der Waals surface area contributed by atoms with E-state index >= 15 is 0 Å². The van der Waals surface area contributed by atoms with Gasteiger partial charge in [-0.25, -0.2) is 4.79 Å². The van der Waals surface area contributed by atoms with Gasteiger partial charge in [0, 0.05) is 25.2 Å². The normalized spacial score (nSPS) is 26.2. The zero-order valence-electron chi connectivity index (χ0n) is 19.3. The molecule has 2 aliphatic rings. The van der Waals surface area contributed by atoms with Crippen molar-refractivity contribution in [3.05, 3.63) is 65.7 Å². The summed E-state index contributed by atoms with van der Waals surface area (Å²) in [5.41, 5.74) is 2.51. The van der Waals surface area contributed by atoms with Crippen LogP contribution in [-0.2, 0) is 12.1 Å². The highest BCUT2D eigenvalue weighted by Crippen LogP contribution is 2.48. The minimum absolute atomic E-state index is 0.0401. The van der Waals surface area contributed by atoms with Gasteiger partial charge in [0.25, 0.3) is 0 Å². The molecule has 31 heavy (non-hydrogen) atoms. The second kappa shape index (κ2) is 8.54. The van der Waals surface area contributed by atoms with Gasteiger partial charge in [0.15, 0.2) is 0 Å². The minimum atomic E-state index is -0.0629. The molecular weight excluding hydrogens is 386 g/mol. The van der Waals surface area contributed by atoms with Gasteiger partial charge in [0.1, 0.15) is 5.75 Å². The van der Waals surface area contributed by atoms with Crippen LogP contribution in [0.2, 0.25) is 0 Å². The SMILES string of the molecule is CCN1C(=O)N(Cc2ccc(OC)cc2)CC12CCC(c1ccccc1)(N(C)C)CC2. The molecule has 1 aliphatic heterocycles. The van der Waals surface area contributed by atoms with Gasteiger partial charge in [-0.15, -0.1) is 0 Å². The molecule has 0 aromatic heterocycles. The third kappa shape index (κ3) is 3.80. The van der Waals surface area contributed by atoms with Crippen molar-refractivity contribution >= 4 is 6.03 Å². The first-order chi connectivity index (χ1) is 14.9. The molecule has 2 fully saturated rings. The summed E-state index contributed by atoms with van der Waals surface area (Å²) in [6.45, 7) is 4.34. The first-order valence-electron chi connectivity index (χ1n) is 11.4. The number of rotatable bonds is 6. The third-order valence-electron chi connectivity index (χ3n) is 7.58. The Bertz CT molecular complexity index is 887. The first kappa shape index (κ1) is 21.7. The molecule has 2 aromatic rings. The number of methoxy groups -OCH3 is 1.